The van der Waals surface area contributed by atoms with Gasteiger partial charge in [-0.05, 0) is 11.6 Å². The van der Waals surface area contributed by atoms with Gasteiger partial charge in [-0.2, -0.15) is 0 Å². The Kier molecular flexibility index (Phi) is 3.91. The molecule has 1 heterocycles. The summed E-state index contributed by atoms with van der Waals surface area (Å²) in [7, 11) is 0. The van der Waals surface area contributed by atoms with Gasteiger partial charge in [0.15, 0.2) is 11.6 Å². The summed E-state index contributed by atoms with van der Waals surface area (Å²) in [5.74, 6) is -6.58. The van der Waals surface area contributed by atoms with Crippen molar-refractivity contribution in [2.45, 2.75) is 26.1 Å². The number of carbonyl (C=O) groups excluding carboxylic acids is 1. The van der Waals surface area contributed by atoms with Gasteiger partial charge >= 0.3 is 5.97 Å². The molecule has 1 aliphatic heterocycles. The number of cyclic esters (lactones) is 1. The number of ether oxygens (including phenoxy) is 2. The van der Waals surface area contributed by atoms with E-state index >= 15 is 0 Å². The van der Waals surface area contributed by atoms with Gasteiger partial charge in [-0.15, -0.1) is 0 Å². The van der Waals surface area contributed by atoms with Gasteiger partial charge in [-0.3, -0.25) is 0 Å². The monoisotopic (exact) mass is 314 g/mol. The second-order valence-corrected chi connectivity index (χ2v) is 5.17. The number of halogens is 3. The molecule has 0 amide bonds. The number of aliphatic hydroxyl groups is 1. The molecule has 0 aliphatic carbocycles. The number of aliphatic hydroxyl groups excluding tert-OH is 1. The quantitative estimate of drug-likeness (QED) is 0.394. The predicted molar refractivity (Wildman–Crippen MR) is 70.1 cm³/mol. The molecule has 2 rings (SSSR count). The summed E-state index contributed by atoms with van der Waals surface area (Å²) in [6.45, 7) is 6.43. The summed E-state index contributed by atoms with van der Waals surface area (Å²) < 4.78 is 49.7. The normalized spacial score (nSPS) is 19.5. The molecule has 0 saturated carbocycles. The van der Waals surface area contributed by atoms with Crippen molar-refractivity contribution in [2.75, 3.05) is 0 Å². The van der Waals surface area contributed by atoms with Crippen LogP contribution in [0.4, 0.5) is 13.2 Å². The lowest BCUT2D eigenvalue weighted by Crippen LogP contribution is -2.38. The first-order valence-electron chi connectivity index (χ1n) is 6.28. The number of hydrogen-bond acceptors (Lipinski definition) is 4. The van der Waals surface area contributed by atoms with Crippen LogP contribution in [-0.4, -0.2) is 16.9 Å². The number of carbonyl (C=O) groups is 1. The third kappa shape index (κ3) is 3.08. The van der Waals surface area contributed by atoms with Crippen LogP contribution in [0, 0.1) is 17.5 Å². The second-order valence-electron chi connectivity index (χ2n) is 5.17. The van der Waals surface area contributed by atoms with Crippen LogP contribution in [-0.2, 0) is 20.7 Å². The minimum absolute atomic E-state index is 0.151. The molecular formula is C15H13F3O4. The van der Waals surface area contributed by atoms with Crippen LogP contribution in [0.1, 0.15) is 19.4 Å². The van der Waals surface area contributed by atoms with E-state index in [9.17, 15) is 23.1 Å². The van der Waals surface area contributed by atoms with Crippen molar-refractivity contribution in [2.24, 2.45) is 0 Å². The average Bonchev–Trinajstić information content (AvgIpc) is 2.33. The van der Waals surface area contributed by atoms with E-state index in [1.807, 2.05) is 0 Å². The van der Waals surface area contributed by atoms with Crippen molar-refractivity contribution >= 4 is 5.97 Å². The van der Waals surface area contributed by atoms with E-state index in [1.165, 1.54) is 13.8 Å². The van der Waals surface area contributed by atoms with E-state index in [4.69, 9.17) is 9.47 Å². The van der Waals surface area contributed by atoms with Crippen LogP contribution in [0.25, 0.3) is 0 Å². The lowest BCUT2D eigenvalue weighted by atomic mass is 10.0. The molecule has 0 bridgehead atoms. The van der Waals surface area contributed by atoms with Crippen LogP contribution in [0.3, 0.4) is 0 Å². The lowest BCUT2D eigenvalue weighted by Gasteiger charge is -2.33. The molecule has 1 aromatic carbocycles. The van der Waals surface area contributed by atoms with Gasteiger partial charge < -0.3 is 14.6 Å². The summed E-state index contributed by atoms with van der Waals surface area (Å²) in [5.41, 5.74) is -0.696. The highest BCUT2D eigenvalue weighted by molar-refractivity contribution is 5.94. The Morgan fingerprint density at radius 1 is 1.18 bits per heavy atom. The highest BCUT2D eigenvalue weighted by atomic mass is 19.2. The number of hydrogen-bond donors (Lipinski definition) is 1. The molecule has 7 heteroatoms. The van der Waals surface area contributed by atoms with E-state index in [0.717, 1.165) is 0 Å². The van der Waals surface area contributed by atoms with Crippen LogP contribution in [0.15, 0.2) is 35.8 Å². The molecule has 1 N–H and O–H groups in total. The molecule has 0 spiro atoms. The number of esters is 1. The van der Waals surface area contributed by atoms with Crippen molar-refractivity contribution < 1.29 is 32.5 Å². The fraction of sp³-hybridized carbons (Fsp3) is 0.267. The molecule has 0 radical (unpaired) electrons. The number of benzene rings is 1. The first-order chi connectivity index (χ1) is 10.1. The van der Waals surface area contributed by atoms with E-state index in [0.29, 0.717) is 12.1 Å². The molecular weight excluding hydrogens is 301 g/mol. The summed E-state index contributed by atoms with van der Waals surface area (Å²) in [6, 6.07) is 0.958. The van der Waals surface area contributed by atoms with Gasteiger partial charge in [0.1, 0.15) is 22.9 Å². The van der Waals surface area contributed by atoms with Gasteiger partial charge in [0, 0.05) is 26.3 Å². The Morgan fingerprint density at radius 3 is 2.36 bits per heavy atom. The van der Waals surface area contributed by atoms with E-state index in [2.05, 4.69) is 6.58 Å². The smallest absolute Gasteiger partial charge is 0.348 e. The van der Waals surface area contributed by atoms with Gasteiger partial charge in [-0.1, -0.05) is 6.58 Å². The minimum Gasteiger partial charge on any atom is -0.511 e. The van der Waals surface area contributed by atoms with Gasteiger partial charge in [-0.25, -0.2) is 18.0 Å². The van der Waals surface area contributed by atoms with E-state index < -0.39 is 41.4 Å². The van der Waals surface area contributed by atoms with Crippen LogP contribution in [0.2, 0.25) is 0 Å². The maximum atomic E-state index is 13.6. The molecule has 1 fully saturated rings. The zero-order valence-electron chi connectivity index (χ0n) is 11.9. The maximum absolute atomic E-state index is 13.6. The van der Waals surface area contributed by atoms with Crippen molar-refractivity contribution in [1.29, 1.82) is 0 Å². The zero-order chi connectivity index (χ0) is 16.7. The molecule has 1 aliphatic rings. The van der Waals surface area contributed by atoms with Crippen LogP contribution >= 0.6 is 0 Å². The minimum atomic E-state index is -1.35. The molecule has 118 valence electrons. The third-order valence-electron chi connectivity index (χ3n) is 2.93. The topological polar surface area (TPSA) is 55.8 Å². The van der Waals surface area contributed by atoms with Crippen molar-refractivity contribution in [3.05, 3.63) is 58.8 Å². The Morgan fingerprint density at radius 2 is 1.77 bits per heavy atom. The van der Waals surface area contributed by atoms with Crippen molar-refractivity contribution in [3.63, 3.8) is 0 Å². The fourth-order valence-electron chi connectivity index (χ4n) is 2.00. The van der Waals surface area contributed by atoms with E-state index in [1.54, 1.807) is 0 Å². The summed E-state index contributed by atoms with van der Waals surface area (Å²) in [6.07, 6.45) is -0.545. The Balaban J connectivity index is 2.35. The lowest BCUT2D eigenvalue weighted by molar-refractivity contribution is -0.208. The first kappa shape index (κ1) is 15.9. The highest BCUT2D eigenvalue weighted by Crippen LogP contribution is 2.31. The average molecular weight is 314 g/mol. The third-order valence-corrected chi connectivity index (χ3v) is 2.93. The van der Waals surface area contributed by atoms with Gasteiger partial charge in [0.05, 0.1) is 0 Å². The molecule has 0 atom stereocenters. The summed E-state index contributed by atoms with van der Waals surface area (Å²) in [5, 5.41) is 9.98. The van der Waals surface area contributed by atoms with Crippen molar-refractivity contribution in [1.82, 2.24) is 0 Å². The van der Waals surface area contributed by atoms with Crippen LogP contribution in [0.5, 0.6) is 0 Å². The number of allylic oxidation sites excluding steroid dienone is 1. The molecule has 1 aromatic rings. The molecule has 0 aromatic heterocycles. The van der Waals surface area contributed by atoms with Crippen LogP contribution < -0.4 is 0 Å². The molecule has 0 unspecified atom stereocenters. The second kappa shape index (κ2) is 5.40. The Labute approximate surface area is 124 Å². The number of rotatable bonds is 2. The van der Waals surface area contributed by atoms with Gasteiger partial charge in [0.2, 0.25) is 5.79 Å². The predicted octanol–water partition coefficient (Wildman–Crippen LogP) is 3.28. The highest BCUT2D eigenvalue weighted by Gasteiger charge is 2.37. The van der Waals surface area contributed by atoms with Gasteiger partial charge in [0.25, 0.3) is 0 Å². The first-order valence-corrected chi connectivity index (χ1v) is 6.28. The maximum Gasteiger partial charge on any atom is 0.348 e. The Hall–Kier alpha value is -2.44. The Bertz CT molecular complexity index is 670. The molecule has 22 heavy (non-hydrogen) atoms. The standard InChI is InChI=1S/C15H13F3O4/c1-7-13(14(20)22-15(2,3)21-7)12(19)5-8-4-10(17)11(18)6-9(8)16/h4,6,19H,1,5H2,2-3H3/b13-12+. The van der Waals surface area contributed by atoms with Crippen molar-refractivity contribution in [3.8, 4) is 0 Å². The SMILES string of the molecule is C=C1OC(C)(C)OC(=O)/C1=C(/O)Cc1cc(F)c(F)cc1F. The largest absolute Gasteiger partial charge is 0.511 e. The summed E-state index contributed by atoms with van der Waals surface area (Å²) >= 11 is 0. The van der Waals surface area contributed by atoms with E-state index in [-0.39, 0.29) is 16.9 Å². The molecule has 1 saturated heterocycles. The fourth-order valence-corrected chi connectivity index (χ4v) is 2.00. The molecule has 4 nitrogen and oxygen atoms in total. The summed E-state index contributed by atoms with van der Waals surface area (Å²) in [4.78, 5) is 11.8. The zero-order valence-corrected chi connectivity index (χ0v) is 11.9.